The van der Waals surface area contributed by atoms with E-state index >= 15 is 0 Å². The smallest absolute Gasteiger partial charge is 0.273 e. The highest BCUT2D eigenvalue weighted by Crippen LogP contribution is 2.11. The van der Waals surface area contributed by atoms with Crippen LogP contribution in [-0.4, -0.2) is 23.2 Å². The monoisotopic (exact) mass is 230 g/mol. The average molecular weight is 230 g/mol. The lowest BCUT2D eigenvalue weighted by Gasteiger charge is -2.03. The second-order valence-electron chi connectivity index (χ2n) is 3.74. The predicted octanol–water partition coefficient (Wildman–Crippen LogP) is 2.01. The first-order valence-corrected chi connectivity index (χ1v) is 5.30. The van der Waals surface area contributed by atoms with Gasteiger partial charge in [0.2, 0.25) is 0 Å². The Bertz CT molecular complexity index is 516. The molecule has 0 spiro atoms. The minimum atomic E-state index is -0.206. The maximum atomic E-state index is 11.8. The van der Waals surface area contributed by atoms with E-state index in [-0.39, 0.29) is 5.91 Å². The number of aryl methyl sites for hydroxylation is 1. The summed E-state index contributed by atoms with van der Waals surface area (Å²) in [5.41, 5.74) is 2.35. The molecule has 3 N–H and O–H groups in total. The normalized spacial score (nSPS) is 10.0. The first kappa shape index (κ1) is 11.2. The molecule has 0 fully saturated rings. The van der Waals surface area contributed by atoms with Crippen LogP contribution in [0, 0.1) is 6.92 Å². The molecule has 0 saturated carbocycles. The third-order valence-electron chi connectivity index (χ3n) is 2.39. The van der Waals surface area contributed by atoms with Crippen molar-refractivity contribution >= 4 is 17.4 Å². The van der Waals surface area contributed by atoms with Crippen LogP contribution in [0.1, 0.15) is 16.1 Å². The van der Waals surface area contributed by atoms with Crippen molar-refractivity contribution in [1.29, 1.82) is 0 Å². The van der Waals surface area contributed by atoms with Crippen LogP contribution >= 0.6 is 0 Å². The van der Waals surface area contributed by atoms with Crippen molar-refractivity contribution in [2.75, 3.05) is 17.7 Å². The molecule has 1 amide bonds. The van der Waals surface area contributed by atoms with Crippen LogP contribution in [0.25, 0.3) is 0 Å². The Hall–Kier alpha value is -2.30. The van der Waals surface area contributed by atoms with Crippen molar-refractivity contribution in [3.63, 3.8) is 0 Å². The number of carbonyl (C=O) groups is 1. The van der Waals surface area contributed by atoms with Crippen molar-refractivity contribution in [2.45, 2.75) is 6.92 Å². The third-order valence-corrected chi connectivity index (χ3v) is 2.39. The van der Waals surface area contributed by atoms with Gasteiger partial charge in [0.1, 0.15) is 11.5 Å². The Morgan fingerprint density at radius 3 is 2.59 bits per heavy atom. The number of aromatic nitrogens is 2. The number of rotatable bonds is 3. The molecule has 5 nitrogen and oxygen atoms in total. The van der Waals surface area contributed by atoms with E-state index in [9.17, 15) is 4.79 Å². The van der Waals surface area contributed by atoms with Gasteiger partial charge in [0.05, 0.1) is 0 Å². The quantitative estimate of drug-likeness (QED) is 0.755. The molecule has 0 aliphatic carbocycles. The van der Waals surface area contributed by atoms with Crippen molar-refractivity contribution in [3.8, 4) is 0 Å². The van der Waals surface area contributed by atoms with Crippen LogP contribution in [0.3, 0.4) is 0 Å². The summed E-state index contributed by atoms with van der Waals surface area (Å²) in [4.78, 5) is 11.8. The minimum absolute atomic E-state index is 0.206. The van der Waals surface area contributed by atoms with E-state index in [4.69, 9.17) is 0 Å². The van der Waals surface area contributed by atoms with E-state index in [0.29, 0.717) is 11.5 Å². The number of benzene rings is 1. The summed E-state index contributed by atoms with van der Waals surface area (Å²) in [5, 5.41) is 12.2. The van der Waals surface area contributed by atoms with Gasteiger partial charge in [-0.3, -0.25) is 9.89 Å². The zero-order valence-electron chi connectivity index (χ0n) is 9.74. The Labute approximate surface area is 99.2 Å². The molecule has 5 heteroatoms. The standard InChI is InChI=1S/C12H14N4O/c1-8-3-5-9(6-4-8)14-12(17)10-7-11(13-2)16-15-10/h3-7H,1-2H3,(H,14,17)(H2,13,15,16). The number of hydrogen-bond donors (Lipinski definition) is 3. The molecule has 0 aliphatic rings. The molecule has 2 aromatic rings. The average Bonchev–Trinajstić information content (AvgIpc) is 2.81. The van der Waals surface area contributed by atoms with Crippen LogP contribution in [-0.2, 0) is 0 Å². The Morgan fingerprint density at radius 1 is 1.29 bits per heavy atom. The summed E-state index contributed by atoms with van der Waals surface area (Å²) in [6, 6.07) is 9.28. The van der Waals surface area contributed by atoms with Crippen molar-refractivity contribution in [2.24, 2.45) is 0 Å². The summed E-state index contributed by atoms with van der Waals surface area (Å²) in [6.45, 7) is 2.00. The number of carbonyl (C=O) groups excluding carboxylic acids is 1. The lowest BCUT2D eigenvalue weighted by atomic mass is 10.2. The maximum absolute atomic E-state index is 11.8. The topological polar surface area (TPSA) is 69.8 Å². The van der Waals surface area contributed by atoms with Gasteiger partial charge in [-0.05, 0) is 19.1 Å². The fourth-order valence-electron chi connectivity index (χ4n) is 1.40. The first-order chi connectivity index (χ1) is 8.19. The highest BCUT2D eigenvalue weighted by Gasteiger charge is 2.09. The minimum Gasteiger partial charge on any atom is -0.372 e. The van der Waals surface area contributed by atoms with Gasteiger partial charge < -0.3 is 10.6 Å². The fourth-order valence-corrected chi connectivity index (χ4v) is 1.40. The van der Waals surface area contributed by atoms with Crippen molar-refractivity contribution in [1.82, 2.24) is 10.2 Å². The van der Waals surface area contributed by atoms with Gasteiger partial charge in [-0.1, -0.05) is 17.7 Å². The van der Waals surface area contributed by atoms with Crippen molar-refractivity contribution in [3.05, 3.63) is 41.6 Å². The number of amides is 1. The summed E-state index contributed by atoms with van der Waals surface area (Å²) in [7, 11) is 1.75. The first-order valence-electron chi connectivity index (χ1n) is 5.30. The van der Waals surface area contributed by atoms with E-state index in [0.717, 1.165) is 11.3 Å². The van der Waals surface area contributed by atoms with Crippen LogP contribution in [0.2, 0.25) is 0 Å². The largest absolute Gasteiger partial charge is 0.372 e. The number of nitrogens with one attached hydrogen (secondary N) is 3. The molecular weight excluding hydrogens is 216 g/mol. The van der Waals surface area contributed by atoms with Crippen LogP contribution in [0.5, 0.6) is 0 Å². The molecule has 1 heterocycles. The zero-order chi connectivity index (χ0) is 12.3. The van der Waals surface area contributed by atoms with E-state index < -0.39 is 0 Å². The highest BCUT2D eigenvalue weighted by molar-refractivity contribution is 6.03. The fraction of sp³-hybridized carbons (Fsp3) is 0.167. The summed E-state index contributed by atoms with van der Waals surface area (Å²) in [6.07, 6.45) is 0. The lowest BCUT2D eigenvalue weighted by molar-refractivity contribution is 0.102. The SMILES string of the molecule is CNc1cc(C(=O)Nc2ccc(C)cc2)[nH]n1. The number of anilines is 2. The number of aromatic amines is 1. The summed E-state index contributed by atoms with van der Waals surface area (Å²) in [5.74, 6) is 0.432. The Balaban J connectivity index is 2.08. The van der Waals surface area contributed by atoms with Crippen molar-refractivity contribution < 1.29 is 4.79 Å². The molecule has 0 unspecified atom stereocenters. The third kappa shape index (κ3) is 2.63. The maximum Gasteiger partial charge on any atom is 0.273 e. The van der Waals surface area contributed by atoms with Gasteiger partial charge >= 0.3 is 0 Å². The number of H-pyrrole nitrogens is 1. The highest BCUT2D eigenvalue weighted by atomic mass is 16.1. The molecule has 0 bridgehead atoms. The van der Waals surface area contributed by atoms with E-state index in [1.165, 1.54) is 0 Å². The van der Waals surface area contributed by atoms with Gasteiger partial charge in [-0.2, -0.15) is 5.10 Å². The van der Waals surface area contributed by atoms with Crippen LogP contribution in [0.15, 0.2) is 30.3 Å². The summed E-state index contributed by atoms with van der Waals surface area (Å²) < 4.78 is 0. The lowest BCUT2D eigenvalue weighted by Crippen LogP contribution is -2.12. The number of hydrogen-bond acceptors (Lipinski definition) is 3. The predicted molar refractivity (Wildman–Crippen MR) is 67.3 cm³/mol. The molecule has 88 valence electrons. The van der Waals surface area contributed by atoms with Gasteiger partial charge in [-0.15, -0.1) is 0 Å². The second-order valence-corrected chi connectivity index (χ2v) is 3.74. The van der Waals surface area contributed by atoms with Gasteiger partial charge in [0.15, 0.2) is 0 Å². The van der Waals surface area contributed by atoms with E-state index in [1.807, 2.05) is 31.2 Å². The molecule has 0 saturated heterocycles. The second kappa shape index (κ2) is 4.69. The Kier molecular flexibility index (Phi) is 3.09. The molecule has 1 aromatic heterocycles. The molecule has 1 aromatic carbocycles. The van der Waals surface area contributed by atoms with Gasteiger partial charge in [0, 0.05) is 18.8 Å². The Morgan fingerprint density at radius 2 is 2.00 bits per heavy atom. The van der Waals surface area contributed by atoms with Crippen LogP contribution < -0.4 is 10.6 Å². The molecule has 0 aliphatic heterocycles. The summed E-state index contributed by atoms with van der Waals surface area (Å²) >= 11 is 0. The van der Waals surface area contributed by atoms with Gasteiger partial charge in [0.25, 0.3) is 5.91 Å². The molecule has 0 radical (unpaired) electrons. The van der Waals surface area contributed by atoms with Crippen LogP contribution in [0.4, 0.5) is 11.5 Å². The van der Waals surface area contributed by atoms with E-state index in [2.05, 4.69) is 20.8 Å². The number of nitrogens with zero attached hydrogens (tertiary/aromatic N) is 1. The molecular formula is C12H14N4O. The molecule has 0 atom stereocenters. The van der Waals surface area contributed by atoms with E-state index in [1.54, 1.807) is 13.1 Å². The molecule has 17 heavy (non-hydrogen) atoms. The van der Waals surface area contributed by atoms with Gasteiger partial charge in [-0.25, -0.2) is 0 Å². The zero-order valence-corrected chi connectivity index (χ0v) is 9.74. The molecule has 2 rings (SSSR count).